The van der Waals surface area contributed by atoms with E-state index in [0.717, 1.165) is 23.1 Å². The van der Waals surface area contributed by atoms with Gasteiger partial charge in [0.05, 0.1) is 11.8 Å². The predicted molar refractivity (Wildman–Crippen MR) is 129 cm³/mol. The lowest BCUT2D eigenvalue weighted by Crippen LogP contribution is -2.11. The molecule has 8 heteroatoms. The lowest BCUT2D eigenvalue weighted by molar-refractivity contribution is -0.136. The molecule has 166 valence electrons. The first kappa shape index (κ1) is 23.0. The molecular formula is C24H25N3O4S. The molecule has 0 aromatic heterocycles. The Balaban J connectivity index is 1.76. The van der Waals surface area contributed by atoms with Crippen molar-refractivity contribution < 1.29 is 18.0 Å². The summed E-state index contributed by atoms with van der Waals surface area (Å²) >= 11 is 0. The van der Waals surface area contributed by atoms with Crippen LogP contribution in [0.25, 0.3) is 6.08 Å². The summed E-state index contributed by atoms with van der Waals surface area (Å²) in [6.07, 6.45) is 10.1. The molecule has 0 atom stereocenters. The smallest absolute Gasteiger partial charge is 0.368 e. The second kappa shape index (κ2) is 9.65. The van der Waals surface area contributed by atoms with Gasteiger partial charge in [-0.05, 0) is 48.4 Å². The molecule has 3 rings (SSSR count). The minimum atomic E-state index is -3.42. The van der Waals surface area contributed by atoms with Gasteiger partial charge >= 0.3 is 5.97 Å². The van der Waals surface area contributed by atoms with Crippen molar-refractivity contribution in [1.29, 1.82) is 0 Å². The van der Waals surface area contributed by atoms with Gasteiger partial charge in [0.15, 0.2) is 0 Å². The van der Waals surface area contributed by atoms with Crippen LogP contribution in [0.5, 0.6) is 0 Å². The van der Waals surface area contributed by atoms with Crippen molar-refractivity contribution in [1.82, 2.24) is 0 Å². The number of aryl methyl sites for hydroxylation is 1. The van der Waals surface area contributed by atoms with Crippen LogP contribution in [0, 0.1) is 6.92 Å². The van der Waals surface area contributed by atoms with E-state index in [2.05, 4.69) is 39.9 Å². The van der Waals surface area contributed by atoms with E-state index in [1.165, 1.54) is 0 Å². The highest BCUT2D eigenvalue weighted by Gasteiger charge is 2.26. The van der Waals surface area contributed by atoms with Crippen LogP contribution in [-0.2, 0) is 19.7 Å². The molecule has 1 N–H and O–H groups in total. The Kier molecular flexibility index (Phi) is 6.95. The summed E-state index contributed by atoms with van der Waals surface area (Å²) in [5.41, 5.74) is 4.98. The molecular weight excluding hydrogens is 426 g/mol. The molecule has 0 saturated carbocycles. The Morgan fingerprint density at radius 3 is 2.53 bits per heavy atom. The lowest BCUT2D eigenvalue weighted by atomic mass is 10.0. The minimum absolute atomic E-state index is 0.290. The van der Waals surface area contributed by atoms with E-state index in [-0.39, 0.29) is 5.57 Å². The number of benzene rings is 2. The summed E-state index contributed by atoms with van der Waals surface area (Å²) in [5, 5.41) is 3.85. The summed E-state index contributed by atoms with van der Waals surface area (Å²) in [7, 11) is 0.590. The van der Waals surface area contributed by atoms with E-state index in [4.69, 9.17) is 4.84 Å². The van der Waals surface area contributed by atoms with Crippen LogP contribution in [-0.4, -0.2) is 40.4 Å². The van der Waals surface area contributed by atoms with Gasteiger partial charge in [-0.3, -0.25) is 4.72 Å². The molecule has 0 unspecified atom stereocenters. The van der Waals surface area contributed by atoms with Crippen LogP contribution in [0.2, 0.25) is 0 Å². The fourth-order valence-corrected chi connectivity index (χ4v) is 3.64. The number of rotatable bonds is 7. The SMILES string of the molecule is Cc1cc(N(C)C)ccc1/C=C\C=C/C=C1C(=O)ON=C1c1cccc(NS(C)(=O)=O)c1. The summed E-state index contributed by atoms with van der Waals surface area (Å²) in [5.74, 6) is -0.565. The van der Waals surface area contributed by atoms with Crippen molar-refractivity contribution >= 4 is 39.2 Å². The first-order valence-corrected chi connectivity index (χ1v) is 11.7. The van der Waals surface area contributed by atoms with E-state index >= 15 is 0 Å². The summed E-state index contributed by atoms with van der Waals surface area (Å²) in [6, 6.07) is 12.9. The van der Waals surface area contributed by atoms with Crippen LogP contribution in [0.1, 0.15) is 16.7 Å². The summed E-state index contributed by atoms with van der Waals surface area (Å²) < 4.78 is 25.4. The van der Waals surface area contributed by atoms with Crippen molar-refractivity contribution in [2.75, 3.05) is 30.0 Å². The quantitative estimate of drug-likeness (QED) is 0.392. The zero-order chi connectivity index (χ0) is 23.3. The molecule has 0 fully saturated rings. The second-order valence-electron chi connectivity index (χ2n) is 7.53. The van der Waals surface area contributed by atoms with E-state index in [0.29, 0.717) is 17.0 Å². The van der Waals surface area contributed by atoms with E-state index < -0.39 is 16.0 Å². The fraction of sp³-hybridized carbons (Fsp3) is 0.167. The topological polar surface area (TPSA) is 88.1 Å². The van der Waals surface area contributed by atoms with Crippen molar-refractivity contribution in [3.05, 3.63) is 89.0 Å². The van der Waals surface area contributed by atoms with Gasteiger partial charge in [0.25, 0.3) is 0 Å². The Morgan fingerprint density at radius 1 is 1.06 bits per heavy atom. The van der Waals surface area contributed by atoms with Gasteiger partial charge in [-0.2, -0.15) is 0 Å². The number of carbonyl (C=O) groups is 1. The average molecular weight is 452 g/mol. The molecule has 0 amide bonds. The molecule has 0 aliphatic carbocycles. The lowest BCUT2D eigenvalue weighted by Gasteiger charge is -2.13. The third kappa shape index (κ3) is 5.95. The Bertz CT molecular complexity index is 1260. The molecule has 2 aromatic rings. The largest absolute Gasteiger partial charge is 0.378 e. The number of oxime groups is 1. The van der Waals surface area contributed by atoms with Gasteiger partial charge in [-0.15, -0.1) is 0 Å². The molecule has 32 heavy (non-hydrogen) atoms. The van der Waals surface area contributed by atoms with Gasteiger partial charge in [0, 0.05) is 31.0 Å². The maximum absolute atomic E-state index is 12.1. The molecule has 1 aliphatic rings. The van der Waals surface area contributed by atoms with Crippen molar-refractivity contribution in [2.45, 2.75) is 6.92 Å². The van der Waals surface area contributed by atoms with Gasteiger partial charge < -0.3 is 9.74 Å². The third-order valence-corrected chi connectivity index (χ3v) is 5.27. The zero-order valence-corrected chi connectivity index (χ0v) is 19.2. The number of hydrogen-bond donors (Lipinski definition) is 1. The highest BCUT2D eigenvalue weighted by molar-refractivity contribution is 7.92. The molecule has 1 heterocycles. The average Bonchev–Trinajstić information content (AvgIpc) is 3.08. The molecule has 1 aliphatic heterocycles. The van der Waals surface area contributed by atoms with Crippen LogP contribution in [0.4, 0.5) is 11.4 Å². The molecule has 7 nitrogen and oxygen atoms in total. The fourth-order valence-electron chi connectivity index (χ4n) is 3.08. The maximum atomic E-state index is 12.1. The van der Waals surface area contributed by atoms with Gasteiger partial charge in [-0.25, -0.2) is 13.2 Å². The Morgan fingerprint density at radius 2 is 1.84 bits per heavy atom. The van der Waals surface area contributed by atoms with E-state index in [1.54, 1.807) is 36.4 Å². The zero-order valence-electron chi connectivity index (χ0n) is 18.4. The van der Waals surface area contributed by atoms with Crippen LogP contribution >= 0.6 is 0 Å². The monoisotopic (exact) mass is 451 g/mol. The maximum Gasteiger partial charge on any atom is 0.368 e. The Labute approximate surface area is 188 Å². The van der Waals surface area contributed by atoms with Gasteiger partial charge in [0.1, 0.15) is 5.71 Å². The highest BCUT2D eigenvalue weighted by Crippen LogP contribution is 2.21. The number of allylic oxidation sites excluding steroid dienone is 4. The van der Waals surface area contributed by atoms with Gasteiger partial charge in [-0.1, -0.05) is 47.7 Å². The number of carbonyl (C=O) groups excluding carboxylic acids is 1. The molecule has 0 spiro atoms. The normalized spacial score (nSPS) is 15.4. The number of nitrogens with zero attached hydrogens (tertiary/aromatic N) is 2. The first-order valence-electron chi connectivity index (χ1n) is 9.85. The molecule has 0 bridgehead atoms. The second-order valence-corrected chi connectivity index (χ2v) is 9.28. The third-order valence-electron chi connectivity index (χ3n) is 4.66. The number of hydrogen-bond acceptors (Lipinski definition) is 6. The van der Waals surface area contributed by atoms with Crippen LogP contribution in [0.15, 0.2) is 77.5 Å². The Hall–Kier alpha value is -3.65. The number of nitrogens with one attached hydrogen (secondary N) is 1. The van der Waals surface area contributed by atoms with Crippen molar-refractivity contribution in [2.24, 2.45) is 5.16 Å². The molecule has 0 radical (unpaired) electrons. The van der Waals surface area contributed by atoms with Crippen molar-refractivity contribution in [3.8, 4) is 0 Å². The van der Waals surface area contributed by atoms with Gasteiger partial charge in [0.2, 0.25) is 10.0 Å². The first-order chi connectivity index (χ1) is 15.1. The summed E-state index contributed by atoms with van der Waals surface area (Å²) in [6.45, 7) is 2.06. The van der Waals surface area contributed by atoms with E-state index in [9.17, 15) is 13.2 Å². The number of anilines is 2. The standard InChI is InChI=1S/C24H25N3O4S/c1-17-15-21(27(2)3)14-13-18(17)9-6-5-7-12-22-23(25-31-24(22)28)19-10-8-11-20(16-19)26-32(4,29)30/h5-16,26H,1-4H3/b7-5-,9-6-,22-12?. The predicted octanol–water partition coefficient (Wildman–Crippen LogP) is 3.89. The van der Waals surface area contributed by atoms with Crippen LogP contribution in [0.3, 0.4) is 0 Å². The molecule has 2 aromatic carbocycles. The minimum Gasteiger partial charge on any atom is -0.378 e. The summed E-state index contributed by atoms with van der Waals surface area (Å²) in [4.78, 5) is 19.0. The van der Waals surface area contributed by atoms with E-state index in [1.807, 2.05) is 32.3 Å². The number of sulfonamides is 1. The highest BCUT2D eigenvalue weighted by atomic mass is 32.2. The molecule has 0 saturated heterocycles. The van der Waals surface area contributed by atoms with Crippen molar-refractivity contribution in [3.63, 3.8) is 0 Å². The van der Waals surface area contributed by atoms with Crippen LogP contribution < -0.4 is 9.62 Å².